The zero-order valence-corrected chi connectivity index (χ0v) is 11.7. The van der Waals surface area contributed by atoms with Crippen LogP contribution in [-0.4, -0.2) is 16.6 Å². The molecule has 0 fully saturated rings. The molecule has 0 aliphatic rings. The van der Waals surface area contributed by atoms with Crippen LogP contribution >= 0.6 is 0 Å². The zero-order valence-electron chi connectivity index (χ0n) is 11.7. The first-order valence-electron chi connectivity index (χ1n) is 6.29. The van der Waals surface area contributed by atoms with Gasteiger partial charge in [-0.1, -0.05) is 12.1 Å². The van der Waals surface area contributed by atoms with Crippen molar-refractivity contribution in [2.24, 2.45) is 0 Å². The van der Waals surface area contributed by atoms with Gasteiger partial charge >= 0.3 is 5.97 Å². The van der Waals surface area contributed by atoms with Gasteiger partial charge in [-0.15, -0.1) is 0 Å². The van der Waals surface area contributed by atoms with Crippen LogP contribution in [0.1, 0.15) is 31.1 Å². The third kappa shape index (κ3) is 3.63. The van der Waals surface area contributed by atoms with Crippen LogP contribution < -0.4 is 0 Å². The number of esters is 1. The van der Waals surface area contributed by atoms with Gasteiger partial charge in [-0.2, -0.15) is 0 Å². The van der Waals surface area contributed by atoms with E-state index in [1.807, 2.05) is 0 Å². The van der Waals surface area contributed by atoms with E-state index in [1.54, 1.807) is 45.2 Å². The maximum atomic E-state index is 13.2. The van der Waals surface area contributed by atoms with Crippen molar-refractivity contribution < 1.29 is 13.9 Å². The van der Waals surface area contributed by atoms with Gasteiger partial charge in [-0.3, -0.25) is 4.98 Å². The molecular formula is C16H16FNO2. The summed E-state index contributed by atoms with van der Waals surface area (Å²) in [6, 6.07) is 7.80. The van der Waals surface area contributed by atoms with Gasteiger partial charge in [-0.05, 0) is 44.5 Å². The van der Waals surface area contributed by atoms with Crippen LogP contribution in [0.25, 0.3) is 11.1 Å². The largest absolute Gasteiger partial charge is 0.456 e. The third-order valence-electron chi connectivity index (χ3n) is 2.53. The zero-order chi connectivity index (χ0) is 14.8. The molecule has 1 aromatic heterocycles. The summed E-state index contributed by atoms with van der Waals surface area (Å²) in [4.78, 5) is 16.0. The van der Waals surface area contributed by atoms with E-state index in [1.165, 1.54) is 18.3 Å². The fourth-order valence-electron chi connectivity index (χ4n) is 1.71. The van der Waals surface area contributed by atoms with Crippen LogP contribution in [0.3, 0.4) is 0 Å². The predicted molar refractivity (Wildman–Crippen MR) is 74.8 cm³/mol. The summed E-state index contributed by atoms with van der Waals surface area (Å²) in [5, 5.41) is 0. The highest BCUT2D eigenvalue weighted by molar-refractivity contribution is 5.90. The number of nitrogens with zero attached hydrogens (tertiary/aromatic N) is 1. The number of pyridine rings is 1. The molecule has 0 spiro atoms. The van der Waals surface area contributed by atoms with E-state index in [4.69, 9.17) is 4.74 Å². The van der Waals surface area contributed by atoms with Crippen LogP contribution in [0.4, 0.5) is 4.39 Å². The van der Waals surface area contributed by atoms with Gasteiger partial charge in [0.05, 0.1) is 5.56 Å². The normalized spacial score (nSPS) is 11.2. The van der Waals surface area contributed by atoms with Crippen LogP contribution in [-0.2, 0) is 4.74 Å². The number of halogens is 1. The lowest BCUT2D eigenvalue weighted by Gasteiger charge is -2.19. The first-order valence-corrected chi connectivity index (χ1v) is 6.29. The van der Waals surface area contributed by atoms with E-state index < -0.39 is 11.6 Å². The predicted octanol–water partition coefficient (Wildman–Crippen LogP) is 3.84. The van der Waals surface area contributed by atoms with Crippen molar-refractivity contribution in [2.45, 2.75) is 26.4 Å². The summed E-state index contributed by atoms with van der Waals surface area (Å²) in [7, 11) is 0. The molecule has 20 heavy (non-hydrogen) atoms. The maximum absolute atomic E-state index is 13.2. The molecule has 0 amide bonds. The van der Waals surface area contributed by atoms with Crippen LogP contribution in [0, 0.1) is 5.82 Å². The number of hydrogen-bond donors (Lipinski definition) is 0. The summed E-state index contributed by atoms with van der Waals surface area (Å²) < 4.78 is 18.5. The lowest BCUT2D eigenvalue weighted by molar-refractivity contribution is 0.00691. The van der Waals surface area contributed by atoms with Crippen molar-refractivity contribution in [2.75, 3.05) is 0 Å². The van der Waals surface area contributed by atoms with E-state index >= 15 is 0 Å². The molecule has 1 heterocycles. The Kier molecular flexibility index (Phi) is 3.84. The first kappa shape index (κ1) is 14.2. The molecule has 2 rings (SSSR count). The standard InChI is InChI=1S/C16H16FNO2/c1-16(2,3)20-15(19)13-7-12(9-18-10-13)11-5-4-6-14(17)8-11/h4-10H,1-3H3. The minimum Gasteiger partial charge on any atom is -0.456 e. The number of carbonyl (C=O) groups is 1. The van der Waals surface area contributed by atoms with E-state index in [0.717, 1.165) is 0 Å². The van der Waals surface area contributed by atoms with Gasteiger partial charge in [0.15, 0.2) is 0 Å². The molecule has 0 bridgehead atoms. The highest BCUT2D eigenvalue weighted by atomic mass is 19.1. The van der Waals surface area contributed by atoms with Gasteiger partial charge in [0.2, 0.25) is 0 Å². The summed E-state index contributed by atoms with van der Waals surface area (Å²) in [5.74, 6) is -0.770. The van der Waals surface area contributed by atoms with Gasteiger partial charge < -0.3 is 4.74 Å². The number of hydrogen-bond acceptors (Lipinski definition) is 3. The molecule has 2 aromatic rings. The maximum Gasteiger partial charge on any atom is 0.340 e. The van der Waals surface area contributed by atoms with Crippen molar-refractivity contribution in [3.8, 4) is 11.1 Å². The molecule has 0 N–H and O–H groups in total. The van der Waals surface area contributed by atoms with Gasteiger partial charge in [0.25, 0.3) is 0 Å². The number of ether oxygens (including phenoxy) is 1. The Balaban J connectivity index is 2.31. The van der Waals surface area contributed by atoms with E-state index in [2.05, 4.69) is 4.98 Å². The molecule has 0 unspecified atom stereocenters. The Bertz CT molecular complexity index is 632. The smallest absolute Gasteiger partial charge is 0.340 e. The highest BCUT2D eigenvalue weighted by Gasteiger charge is 2.18. The van der Waals surface area contributed by atoms with Gasteiger partial charge in [0, 0.05) is 18.0 Å². The molecule has 4 heteroatoms. The molecule has 0 aliphatic carbocycles. The Hall–Kier alpha value is -2.23. The lowest BCUT2D eigenvalue weighted by Crippen LogP contribution is -2.23. The molecule has 0 radical (unpaired) electrons. The Morgan fingerprint density at radius 1 is 1.15 bits per heavy atom. The topological polar surface area (TPSA) is 39.2 Å². The Morgan fingerprint density at radius 3 is 2.55 bits per heavy atom. The van der Waals surface area contributed by atoms with Gasteiger partial charge in [0.1, 0.15) is 11.4 Å². The second-order valence-corrected chi connectivity index (χ2v) is 5.47. The SMILES string of the molecule is CC(C)(C)OC(=O)c1cncc(-c2cccc(F)c2)c1. The van der Waals surface area contributed by atoms with Crippen LogP contribution in [0.15, 0.2) is 42.7 Å². The van der Waals surface area contributed by atoms with Crippen LogP contribution in [0.2, 0.25) is 0 Å². The number of benzene rings is 1. The van der Waals surface area contributed by atoms with Crippen molar-refractivity contribution in [1.29, 1.82) is 0 Å². The van der Waals surface area contributed by atoms with Crippen molar-refractivity contribution in [1.82, 2.24) is 4.98 Å². The lowest BCUT2D eigenvalue weighted by atomic mass is 10.1. The highest BCUT2D eigenvalue weighted by Crippen LogP contribution is 2.21. The molecule has 0 saturated carbocycles. The van der Waals surface area contributed by atoms with E-state index in [0.29, 0.717) is 16.7 Å². The molecule has 0 aliphatic heterocycles. The van der Waals surface area contributed by atoms with Crippen LogP contribution in [0.5, 0.6) is 0 Å². The molecule has 0 atom stereocenters. The first-order chi connectivity index (χ1) is 9.35. The number of aromatic nitrogens is 1. The third-order valence-corrected chi connectivity index (χ3v) is 2.53. The average Bonchev–Trinajstić information content (AvgIpc) is 2.37. The molecule has 0 saturated heterocycles. The second kappa shape index (κ2) is 5.41. The average molecular weight is 273 g/mol. The molecular weight excluding hydrogens is 257 g/mol. The quantitative estimate of drug-likeness (QED) is 0.780. The Labute approximate surface area is 117 Å². The summed E-state index contributed by atoms with van der Waals surface area (Å²) in [5.41, 5.74) is 1.13. The minimum atomic E-state index is -0.564. The fourth-order valence-corrected chi connectivity index (χ4v) is 1.71. The van der Waals surface area contributed by atoms with E-state index in [9.17, 15) is 9.18 Å². The van der Waals surface area contributed by atoms with Crippen molar-refractivity contribution >= 4 is 5.97 Å². The van der Waals surface area contributed by atoms with Gasteiger partial charge in [-0.25, -0.2) is 9.18 Å². The minimum absolute atomic E-state index is 0.329. The molecule has 1 aromatic carbocycles. The summed E-state index contributed by atoms with van der Waals surface area (Å²) in [6.07, 6.45) is 3.03. The summed E-state index contributed by atoms with van der Waals surface area (Å²) >= 11 is 0. The van der Waals surface area contributed by atoms with E-state index in [-0.39, 0.29) is 5.82 Å². The second-order valence-electron chi connectivity index (χ2n) is 5.47. The van der Waals surface area contributed by atoms with Crippen molar-refractivity contribution in [3.63, 3.8) is 0 Å². The van der Waals surface area contributed by atoms with Crippen molar-refractivity contribution in [3.05, 3.63) is 54.1 Å². The molecule has 3 nitrogen and oxygen atoms in total. The fraction of sp³-hybridized carbons (Fsp3) is 0.250. The number of rotatable bonds is 2. The Morgan fingerprint density at radius 2 is 1.90 bits per heavy atom. The monoisotopic (exact) mass is 273 g/mol. The number of carbonyl (C=O) groups excluding carboxylic acids is 1. The summed E-state index contributed by atoms with van der Waals surface area (Å²) in [6.45, 7) is 5.40. The molecule has 104 valence electrons.